The van der Waals surface area contributed by atoms with E-state index >= 15 is 0 Å². The molecule has 2 atom stereocenters. The summed E-state index contributed by atoms with van der Waals surface area (Å²) in [7, 11) is 1.35. The van der Waals surface area contributed by atoms with Crippen molar-refractivity contribution in [2.75, 3.05) is 13.7 Å². The number of ketones is 1. The highest BCUT2D eigenvalue weighted by Crippen LogP contribution is 2.66. The lowest BCUT2D eigenvalue weighted by Crippen LogP contribution is -2.67. The van der Waals surface area contributed by atoms with Gasteiger partial charge in [-0.05, 0) is 54.5 Å². The monoisotopic (exact) mass is 501 g/mol. The third-order valence-corrected chi connectivity index (χ3v) is 8.96. The molecule has 1 saturated carbocycles. The minimum absolute atomic E-state index is 0.166. The first-order chi connectivity index (χ1) is 16.2. The second kappa shape index (κ2) is 8.28. The van der Waals surface area contributed by atoms with Gasteiger partial charge in [0.15, 0.2) is 10.1 Å². The molecular formula is C26H25Cl2NO5. The minimum atomic E-state index is -1.46. The van der Waals surface area contributed by atoms with Gasteiger partial charge in [-0.25, -0.2) is 9.59 Å². The van der Waals surface area contributed by atoms with Crippen molar-refractivity contribution in [3.8, 4) is 0 Å². The molecule has 1 aliphatic heterocycles. The molecule has 0 N–H and O–H groups in total. The van der Waals surface area contributed by atoms with Crippen molar-refractivity contribution in [2.24, 2.45) is 5.41 Å². The summed E-state index contributed by atoms with van der Waals surface area (Å²) in [6.45, 7) is 0.541. The van der Waals surface area contributed by atoms with E-state index in [0.29, 0.717) is 44.2 Å². The summed E-state index contributed by atoms with van der Waals surface area (Å²) in [5, 5.41) is 0. The van der Waals surface area contributed by atoms with E-state index in [0.717, 1.165) is 16.7 Å². The normalized spacial score (nSPS) is 26.8. The maximum absolute atomic E-state index is 13.4. The number of hydrogen-bond donors (Lipinski definition) is 0. The fourth-order valence-electron chi connectivity index (χ4n) is 5.92. The molecule has 34 heavy (non-hydrogen) atoms. The Morgan fingerprint density at radius 1 is 1.09 bits per heavy atom. The van der Waals surface area contributed by atoms with Crippen LogP contribution >= 0.6 is 23.2 Å². The number of esters is 1. The molecule has 6 nitrogen and oxygen atoms in total. The van der Waals surface area contributed by atoms with E-state index in [4.69, 9.17) is 32.7 Å². The molecule has 2 aliphatic carbocycles. The van der Waals surface area contributed by atoms with Gasteiger partial charge < -0.3 is 9.47 Å². The smallest absolute Gasteiger partial charge is 0.410 e. The fourth-order valence-corrected chi connectivity index (χ4v) is 6.51. The number of rotatable bonds is 3. The average Bonchev–Trinajstić information content (AvgIpc) is 3.20. The number of halogens is 2. The van der Waals surface area contributed by atoms with E-state index in [9.17, 15) is 14.4 Å². The Bertz CT molecular complexity index is 1170. The summed E-state index contributed by atoms with van der Waals surface area (Å²) in [6, 6.07) is 14.9. The number of likely N-dealkylation sites (tertiary alicyclic amines) is 1. The van der Waals surface area contributed by atoms with E-state index in [1.807, 2.05) is 42.5 Å². The van der Waals surface area contributed by atoms with Crippen LogP contribution in [-0.4, -0.2) is 40.7 Å². The molecular weight excluding hydrogens is 477 g/mol. The van der Waals surface area contributed by atoms with Crippen molar-refractivity contribution in [1.82, 2.24) is 4.90 Å². The second-order valence-electron chi connectivity index (χ2n) is 9.47. The van der Waals surface area contributed by atoms with Crippen molar-refractivity contribution in [3.63, 3.8) is 0 Å². The molecule has 1 heterocycles. The standard InChI is InChI=1S/C26H25Cl2NO5/c1-33-22(31)19-7-8-20-18(13-19)9-10-25(20)16-24(14-21(30)26(24,27)28)11-12-29(25)23(32)34-15-17-5-3-2-4-6-17/h2-8,13H,9-12,14-16H2,1H3. The number of carbonyl (C=O) groups is 3. The zero-order chi connectivity index (χ0) is 24.1. The van der Waals surface area contributed by atoms with Crippen LogP contribution in [0.25, 0.3) is 0 Å². The first-order valence-corrected chi connectivity index (χ1v) is 12.1. The van der Waals surface area contributed by atoms with Crippen molar-refractivity contribution < 1.29 is 23.9 Å². The van der Waals surface area contributed by atoms with E-state index in [1.165, 1.54) is 7.11 Å². The zero-order valence-corrected chi connectivity index (χ0v) is 20.3. The van der Waals surface area contributed by atoms with Crippen LogP contribution in [-0.2, 0) is 32.8 Å². The van der Waals surface area contributed by atoms with Gasteiger partial charge in [0.1, 0.15) is 6.61 Å². The van der Waals surface area contributed by atoms with Gasteiger partial charge in [-0.1, -0.05) is 59.6 Å². The first kappa shape index (κ1) is 23.2. The molecule has 3 aliphatic rings. The molecule has 2 aromatic rings. The third-order valence-electron chi connectivity index (χ3n) is 7.74. The number of alkyl halides is 2. The van der Waals surface area contributed by atoms with Crippen molar-refractivity contribution in [1.29, 1.82) is 0 Å². The summed E-state index contributed by atoms with van der Waals surface area (Å²) in [6.07, 6.45) is 2.17. The Labute approximate surface area is 208 Å². The van der Waals surface area contributed by atoms with E-state index in [-0.39, 0.29) is 12.4 Å². The molecule has 0 bridgehead atoms. The molecule has 2 spiro atoms. The number of benzene rings is 2. The van der Waals surface area contributed by atoms with Gasteiger partial charge in [0, 0.05) is 18.4 Å². The van der Waals surface area contributed by atoms with Crippen LogP contribution in [0.15, 0.2) is 48.5 Å². The quantitative estimate of drug-likeness (QED) is 0.427. The van der Waals surface area contributed by atoms with Gasteiger partial charge in [0.2, 0.25) is 0 Å². The molecule has 0 radical (unpaired) electrons. The number of nitrogens with zero attached hydrogens (tertiary/aromatic N) is 1. The molecule has 0 aromatic heterocycles. The Morgan fingerprint density at radius 3 is 2.53 bits per heavy atom. The number of methoxy groups -OCH3 is 1. The molecule has 178 valence electrons. The fraction of sp³-hybridized carbons (Fsp3) is 0.423. The van der Waals surface area contributed by atoms with Crippen molar-refractivity contribution in [3.05, 3.63) is 70.8 Å². The summed E-state index contributed by atoms with van der Waals surface area (Å²) >= 11 is 13.1. The SMILES string of the molecule is COC(=O)c1ccc2c(c1)CCC21CC2(CCN1C(=O)OCc1ccccc1)CC(=O)C2(Cl)Cl. The highest BCUT2D eigenvalue weighted by Gasteiger charge is 2.69. The molecule has 1 amide bonds. The molecule has 5 rings (SSSR count). The lowest BCUT2D eigenvalue weighted by molar-refractivity contribution is -0.143. The van der Waals surface area contributed by atoms with Crippen LogP contribution in [0, 0.1) is 5.41 Å². The first-order valence-electron chi connectivity index (χ1n) is 11.3. The van der Waals surface area contributed by atoms with Crippen LogP contribution in [0.3, 0.4) is 0 Å². The minimum Gasteiger partial charge on any atom is -0.465 e. The van der Waals surface area contributed by atoms with Crippen LogP contribution in [0.5, 0.6) is 0 Å². The highest BCUT2D eigenvalue weighted by molar-refractivity contribution is 6.61. The number of ether oxygens (including phenoxy) is 2. The van der Waals surface area contributed by atoms with Crippen LogP contribution in [0.1, 0.15) is 52.7 Å². The lowest BCUT2D eigenvalue weighted by atomic mass is 9.56. The van der Waals surface area contributed by atoms with Gasteiger partial charge in [0.05, 0.1) is 18.2 Å². The number of aryl methyl sites for hydroxylation is 1. The van der Waals surface area contributed by atoms with E-state index < -0.39 is 27.3 Å². The number of piperidine rings is 1. The summed E-state index contributed by atoms with van der Waals surface area (Å²) < 4.78 is 9.13. The number of amides is 1. The average molecular weight is 502 g/mol. The van der Waals surface area contributed by atoms with Gasteiger partial charge in [-0.2, -0.15) is 0 Å². The van der Waals surface area contributed by atoms with E-state index in [1.54, 1.807) is 11.0 Å². The topological polar surface area (TPSA) is 72.9 Å². The predicted octanol–water partition coefficient (Wildman–Crippen LogP) is 5.18. The largest absolute Gasteiger partial charge is 0.465 e. The Morgan fingerprint density at radius 2 is 1.85 bits per heavy atom. The number of hydrogen-bond acceptors (Lipinski definition) is 5. The molecule has 2 unspecified atom stereocenters. The van der Waals surface area contributed by atoms with E-state index in [2.05, 4.69) is 0 Å². The Hall–Kier alpha value is -2.57. The van der Waals surface area contributed by atoms with Crippen molar-refractivity contribution >= 4 is 41.0 Å². The molecule has 8 heteroatoms. The summed E-state index contributed by atoms with van der Waals surface area (Å²) in [5.41, 5.74) is 1.96. The lowest BCUT2D eigenvalue weighted by Gasteiger charge is -2.60. The predicted molar refractivity (Wildman–Crippen MR) is 127 cm³/mol. The zero-order valence-electron chi connectivity index (χ0n) is 18.8. The number of fused-ring (bicyclic) bond motifs is 2. The summed E-state index contributed by atoms with van der Waals surface area (Å²) in [4.78, 5) is 39.5. The summed E-state index contributed by atoms with van der Waals surface area (Å²) in [5.74, 6) is -0.585. The second-order valence-corrected chi connectivity index (χ2v) is 10.8. The van der Waals surface area contributed by atoms with Crippen molar-refractivity contribution in [2.45, 2.75) is 48.6 Å². The maximum atomic E-state index is 13.4. The Kier molecular flexibility index (Phi) is 5.64. The Balaban J connectivity index is 1.50. The molecule has 2 aromatic carbocycles. The number of carbonyl (C=O) groups excluding carboxylic acids is 3. The highest BCUT2D eigenvalue weighted by atomic mass is 35.5. The molecule has 1 saturated heterocycles. The third kappa shape index (κ3) is 3.42. The maximum Gasteiger partial charge on any atom is 0.410 e. The van der Waals surface area contributed by atoms with Gasteiger partial charge in [0.25, 0.3) is 0 Å². The molecule has 2 fully saturated rings. The number of Topliss-reactive ketones (excluding diaryl/α,β-unsaturated/α-hetero) is 1. The van der Waals surface area contributed by atoms with Gasteiger partial charge in [-0.3, -0.25) is 9.69 Å². The van der Waals surface area contributed by atoms with Crippen LogP contribution in [0.4, 0.5) is 4.79 Å². The van der Waals surface area contributed by atoms with Gasteiger partial charge >= 0.3 is 12.1 Å². The van der Waals surface area contributed by atoms with Gasteiger partial charge in [-0.15, -0.1) is 0 Å². The van der Waals surface area contributed by atoms with Crippen LogP contribution in [0.2, 0.25) is 0 Å². The van der Waals surface area contributed by atoms with Crippen LogP contribution < -0.4 is 0 Å².